The minimum absolute atomic E-state index is 0.0126. The lowest BCUT2D eigenvalue weighted by Gasteiger charge is -2.26. The number of para-hydroxylation sites is 1. The van der Waals surface area contributed by atoms with Crippen molar-refractivity contribution in [2.45, 2.75) is 24.5 Å². The molecule has 1 aliphatic rings. The Morgan fingerprint density at radius 3 is 2.63 bits per heavy atom. The van der Waals surface area contributed by atoms with Gasteiger partial charge in [0.1, 0.15) is 5.82 Å². The number of carbonyl (C=O) groups is 2. The highest BCUT2D eigenvalue weighted by Gasteiger charge is 2.34. The number of carboxylic acids is 1. The summed E-state index contributed by atoms with van der Waals surface area (Å²) in [4.78, 5) is 43.6. The minimum Gasteiger partial charge on any atom is -0.478 e. The molecule has 0 bridgehead atoms. The van der Waals surface area contributed by atoms with E-state index < -0.39 is 33.2 Å². The van der Waals surface area contributed by atoms with Gasteiger partial charge in [-0.2, -0.15) is 0 Å². The van der Waals surface area contributed by atoms with Crippen molar-refractivity contribution >= 4 is 44.4 Å². The van der Waals surface area contributed by atoms with Gasteiger partial charge in [-0.15, -0.1) is 0 Å². The summed E-state index contributed by atoms with van der Waals surface area (Å²) in [6.45, 7) is 2.07. The maximum atomic E-state index is 14.7. The third kappa shape index (κ3) is 5.08. The lowest BCUT2D eigenvalue weighted by Crippen LogP contribution is -2.42. The molecule has 1 fully saturated rings. The molecule has 184 valence electrons. The van der Waals surface area contributed by atoms with E-state index in [2.05, 4.69) is 4.98 Å². The van der Waals surface area contributed by atoms with Crippen molar-refractivity contribution in [2.24, 2.45) is 0 Å². The normalized spacial score (nSPS) is 16.9. The largest absolute Gasteiger partial charge is 0.478 e. The molecule has 9 nitrogen and oxygen atoms in total. The van der Waals surface area contributed by atoms with Crippen LogP contribution in [0.4, 0.5) is 4.39 Å². The third-order valence-corrected chi connectivity index (χ3v) is 8.49. The second-order valence-corrected chi connectivity index (χ2v) is 11.2. The molecular weight excluding hydrogens is 497 g/mol. The first kappa shape index (κ1) is 24.9. The predicted octanol–water partition coefficient (Wildman–Crippen LogP) is 2.35. The molecule has 0 aliphatic carbocycles. The van der Waals surface area contributed by atoms with Crippen molar-refractivity contribution in [2.75, 3.05) is 23.8 Å². The number of carboxylic acid groups (broad SMARTS) is 1. The molecule has 1 saturated heterocycles. The number of carbonyl (C=O) groups excluding carboxylic acids is 1. The number of hydrogen-bond acceptors (Lipinski definition) is 7. The molecule has 1 atom stereocenters. The zero-order chi connectivity index (χ0) is 25.3. The van der Waals surface area contributed by atoms with E-state index in [4.69, 9.17) is 0 Å². The fourth-order valence-corrected chi connectivity index (χ4v) is 6.73. The van der Waals surface area contributed by atoms with Crippen molar-refractivity contribution in [3.63, 3.8) is 0 Å². The monoisotopic (exact) mass is 519 g/mol. The lowest BCUT2D eigenvalue weighted by atomic mass is 10.1. The summed E-state index contributed by atoms with van der Waals surface area (Å²) < 4.78 is 39.5. The molecule has 1 N–H and O–H groups in total. The maximum absolute atomic E-state index is 14.7. The number of hydrogen-bond donors (Lipinski definition) is 1. The topological polar surface area (TPSA) is 127 Å². The van der Waals surface area contributed by atoms with Crippen molar-refractivity contribution in [3.05, 3.63) is 64.2 Å². The van der Waals surface area contributed by atoms with E-state index >= 15 is 0 Å². The van der Waals surface area contributed by atoms with Crippen LogP contribution in [0, 0.1) is 5.82 Å². The Morgan fingerprint density at radius 2 is 2.00 bits per heavy atom. The van der Waals surface area contributed by atoms with E-state index in [1.54, 1.807) is 13.0 Å². The summed E-state index contributed by atoms with van der Waals surface area (Å²) in [6, 6.07) is 9.05. The minimum atomic E-state index is -3.19. The molecule has 1 amide bonds. The average molecular weight is 520 g/mol. The van der Waals surface area contributed by atoms with Gasteiger partial charge in [-0.25, -0.2) is 22.6 Å². The first-order valence-electron chi connectivity index (χ1n) is 10.8. The van der Waals surface area contributed by atoms with Gasteiger partial charge in [0, 0.05) is 12.6 Å². The van der Waals surface area contributed by atoms with Crippen LogP contribution in [0.1, 0.15) is 23.7 Å². The van der Waals surface area contributed by atoms with Crippen molar-refractivity contribution in [1.82, 2.24) is 14.5 Å². The van der Waals surface area contributed by atoms with Gasteiger partial charge in [0.2, 0.25) is 5.91 Å². The zero-order valence-corrected chi connectivity index (χ0v) is 20.3. The average Bonchev–Trinajstić information content (AvgIpc) is 3.17. The van der Waals surface area contributed by atoms with Crippen LogP contribution in [-0.2, 0) is 14.6 Å². The Bertz CT molecular complexity index is 1490. The van der Waals surface area contributed by atoms with Crippen LogP contribution >= 0.6 is 11.8 Å². The highest BCUT2D eigenvalue weighted by Crippen LogP contribution is 2.25. The van der Waals surface area contributed by atoms with Crippen LogP contribution in [0.15, 0.2) is 52.4 Å². The van der Waals surface area contributed by atoms with Gasteiger partial charge in [-0.05, 0) is 43.7 Å². The maximum Gasteiger partial charge on any atom is 0.335 e. The summed E-state index contributed by atoms with van der Waals surface area (Å²) in [6.07, 6.45) is 0.360. The second-order valence-electron chi connectivity index (χ2n) is 8.05. The van der Waals surface area contributed by atoms with E-state index in [-0.39, 0.29) is 50.5 Å². The van der Waals surface area contributed by atoms with Gasteiger partial charge < -0.3 is 10.0 Å². The van der Waals surface area contributed by atoms with Crippen LogP contribution in [0.25, 0.3) is 16.6 Å². The van der Waals surface area contributed by atoms with Gasteiger partial charge in [-0.3, -0.25) is 14.2 Å². The Balaban J connectivity index is 1.74. The molecule has 0 spiro atoms. The van der Waals surface area contributed by atoms with Crippen LogP contribution in [0.5, 0.6) is 0 Å². The number of amides is 1. The van der Waals surface area contributed by atoms with E-state index in [0.29, 0.717) is 13.0 Å². The smallest absolute Gasteiger partial charge is 0.335 e. The number of nitrogens with zero attached hydrogens (tertiary/aromatic N) is 3. The van der Waals surface area contributed by atoms with Crippen molar-refractivity contribution in [1.29, 1.82) is 0 Å². The molecule has 12 heteroatoms. The summed E-state index contributed by atoms with van der Waals surface area (Å²) in [5.74, 6) is -2.44. The molecule has 0 saturated carbocycles. The molecule has 1 aromatic heterocycles. The lowest BCUT2D eigenvalue weighted by molar-refractivity contribution is -0.129. The van der Waals surface area contributed by atoms with Gasteiger partial charge in [0.15, 0.2) is 15.0 Å². The van der Waals surface area contributed by atoms with E-state index in [9.17, 15) is 32.3 Å². The SMILES string of the molecule is CCN(C(=O)CSc1nc2cc(C(=O)O)ccc2c(=O)n1-c1ccccc1F)[C@H]1CCS(=O)(=O)C1. The number of aromatic nitrogens is 2. The molecular formula is C23H22FN3O6S2. The van der Waals surface area contributed by atoms with Crippen LogP contribution in [-0.4, -0.2) is 69.7 Å². The Labute approximate surface area is 204 Å². The zero-order valence-electron chi connectivity index (χ0n) is 18.7. The van der Waals surface area contributed by atoms with Crippen LogP contribution in [0.3, 0.4) is 0 Å². The summed E-state index contributed by atoms with van der Waals surface area (Å²) >= 11 is 0.901. The summed E-state index contributed by atoms with van der Waals surface area (Å²) in [5, 5.41) is 9.41. The number of thioether (sulfide) groups is 1. The van der Waals surface area contributed by atoms with E-state index in [1.807, 2.05) is 0 Å². The molecule has 2 heterocycles. The highest BCUT2D eigenvalue weighted by molar-refractivity contribution is 7.99. The molecule has 0 unspecified atom stereocenters. The van der Waals surface area contributed by atoms with Gasteiger partial charge in [0.25, 0.3) is 5.56 Å². The molecule has 2 aromatic carbocycles. The quantitative estimate of drug-likeness (QED) is 0.372. The Morgan fingerprint density at radius 1 is 1.26 bits per heavy atom. The van der Waals surface area contributed by atoms with Crippen molar-refractivity contribution < 1.29 is 27.5 Å². The number of rotatable bonds is 7. The number of fused-ring (bicyclic) bond motifs is 1. The van der Waals surface area contributed by atoms with Gasteiger partial charge in [0.05, 0.1) is 39.4 Å². The van der Waals surface area contributed by atoms with Crippen molar-refractivity contribution in [3.8, 4) is 5.69 Å². The summed E-state index contributed by atoms with van der Waals surface area (Å²) in [5.41, 5.74) is -0.633. The fourth-order valence-electron chi connectivity index (χ4n) is 4.11. The third-order valence-electron chi connectivity index (χ3n) is 5.81. The number of halogens is 1. The van der Waals surface area contributed by atoms with Gasteiger partial charge >= 0.3 is 5.97 Å². The van der Waals surface area contributed by atoms with Crippen LogP contribution < -0.4 is 5.56 Å². The standard InChI is InChI=1S/C23H22FN3O6S2/c1-2-26(15-9-10-35(32,33)13-15)20(28)12-34-23-25-18-11-14(22(30)31)7-8-16(18)21(29)27(23)19-6-4-3-5-17(19)24/h3-8,11,15H,2,9-10,12-13H2,1H3,(H,30,31)/t15-/m0/s1. The van der Waals surface area contributed by atoms with Crippen LogP contribution in [0.2, 0.25) is 0 Å². The van der Waals surface area contributed by atoms with E-state index in [1.165, 1.54) is 41.3 Å². The molecule has 35 heavy (non-hydrogen) atoms. The fraction of sp³-hybridized carbons (Fsp3) is 0.304. The molecule has 4 rings (SSSR count). The Kier molecular flexibility index (Phi) is 6.95. The first-order valence-corrected chi connectivity index (χ1v) is 13.6. The highest BCUT2D eigenvalue weighted by atomic mass is 32.2. The predicted molar refractivity (Wildman–Crippen MR) is 129 cm³/mol. The first-order chi connectivity index (χ1) is 16.6. The summed E-state index contributed by atoms with van der Waals surface area (Å²) in [7, 11) is -3.19. The van der Waals surface area contributed by atoms with Gasteiger partial charge in [-0.1, -0.05) is 23.9 Å². The number of sulfone groups is 1. The number of benzene rings is 2. The molecule has 1 aliphatic heterocycles. The number of aromatic carboxylic acids is 1. The van der Waals surface area contributed by atoms with E-state index in [0.717, 1.165) is 16.3 Å². The second kappa shape index (κ2) is 9.78. The molecule has 0 radical (unpaired) electrons. The molecule has 3 aromatic rings. The Hall–Kier alpha value is -3.25.